The van der Waals surface area contributed by atoms with Crippen LogP contribution in [0.5, 0.6) is 11.5 Å². The molecule has 0 aliphatic carbocycles. The molecule has 0 aliphatic heterocycles. The number of rotatable bonds is 11. The monoisotopic (exact) mass is 759 g/mol. The molecule has 0 spiro atoms. The predicted molar refractivity (Wildman–Crippen MR) is 187 cm³/mol. The van der Waals surface area contributed by atoms with Gasteiger partial charge in [0.1, 0.15) is 11.6 Å². The quantitative estimate of drug-likeness (QED) is 0.0949. The standard InChI is InChI=1S/C11H15NO5S.C11H17NO3S.C8H10FNO2S.CH4.Na.H/c1-4-18(15,16)9-5-6-11(17-8(2)3)10(7-9)12(13)14;1-4-16(13,14)9-5-6-11(10(12)7-9)15-8(2)3;1-2-13(11,12)6-3-4-7(9)8(10)5-6;;;/h5-8H,4H2,1-3H3;5-8H,4,12H2,1-3H3;3-5H,2,10H2,1H3;1H4;;/q;;;;+1;-1. The van der Waals surface area contributed by atoms with Crippen molar-refractivity contribution in [3.05, 3.63) is 70.5 Å². The van der Waals surface area contributed by atoms with Crippen LogP contribution in [0.25, 0.3) is 0 Å². The molecule has 0 saturated carbocycles. The van der Waals surface area contributed by atoms with Crippen molar-refractivity contribution in [2.75, 3.05) is 28.7 Å². The Bertz CT molecular complexity index is 1880. The number of nitro benzene ring substituents is 1. The molecule has 272 valence electrons. The molecule has 3 aromatic carbocycles. The molecule has 18 heteroatoms. The van der Waals surface area contributed by atoms with Gasteiger partial charge in [-0.15, -0.1) is 0 Å². The van der Waals surface area contributed by atoms with Crippen LogP contribution in [0.15, 0.2) is 69.3 Å². The molecule has 0 atom stereocenters. The molecule has 13 nitrogen and oxygen atoms in total. The van der Waals surface area contributed by atoms with Crippen molar-refractivity contribution in [3.8, 4) is 11.5 Å². The first kappa shape index (κ1) is 48.2. The Balaban J connectivity index is -0.000000651. The van der Waals surface area contributed by atoms with E-state index >= 15 is 0 Å². The zero-order chi connectivity index (χ0) is 36.3. The first-order valence-electron chi connectivity index (χ1n) is 14.4. The average molecular weight is 760 g/mol. The molecule has 0 radical (unpaired) electrons. The van der Waals surface area contributed by atoms with E-state index < -0.39 is 40.3 Å². The van der Waals surface area contributed by atoms with Crippen LogP contribution < -0.4 is 50.5 Å². The molecule has 0 fully saturated rings. The summed E-state index contributed by atoms with van der Waals surface area (Å²) < 4.78 is 92.4. The Morgan fingerprint density at radius 1 is 0.694 bits per heavy atom. The van der Waals surface area contributed by atoms with Gasteiger partial charge in [-0.3, -0.25) is 10.1 Å². The topological polar surface area (TPSA) is 216 Å². The van der Waals surface area contributed by atoms with Gasteiger partial charge in [-0.05, 0) is 76.2 Å². The maximum atomic E-state index is 12.7. The Kier molecular flexibility index (Phi) is 20.3. The second kappa shape index (κ2) is 20.7. The van der Waals surface area contributed by atoms with Crippen LogP contribution in [0.4, 0.5) is 21.5 Å². The summed E-state index contributed by atoms with van der Waals surface area (Å²) in [7, 11) is -9.95. The van der Waals surface area contributed by atoms with Crippen LogP contribution in [0.3, 0.4) is 0 Å². The van der Waals surface area contributed by atoms with E-state index in [-0.39, 0.29) is 99.7 Å². The van der Waals surface area contributed by atoms with Gasteiger partial charge in [0.15, 0.2) is 35.3 Å². The minimum absolute atomic E-state index is 0. The fourth-order valence-corrected chi connectivity index (χ4v) is 6.21. The molecule has 3 rings (SSSR count). The van der Waals surface area contributed by atoms with Gasteiger partial charge in [0, 0.05) is 6.07 Å². The zero-order valence-corrected chi connectivity index (χ0v) is 32.7. The summed E-state index contributed by atoms with van der Waals surface area (Å²) in [5.41, 5.74) is 10.8. The van der Waals surface area contributed by atoms with Gasteiger partial charge in [-0.1, -0.05) is 28.2 Å². The summed E-state index contributed by atoms with van der Waals surface area (Å²) in [6.45, 7) is 11.9. The number of ether oxygens (including phenoxy) is 2. The summed E-state index contributed by atoms with van der Waals surface area (Å²) in [6.07, 6.45) is -0.215. The smallest absolute Gasteiger partial charge is 1.00 e. The van der Waals surface area contributed by atoms with E-state index in [9.17, 15) is 39.8 Å². The van der Waals surface area contributed by atoms with Gasteiger partial charge in [0.2, 0.25) is 0 Å². The van der Waals surface area contributed by atoms with Crippen molar-refractivity contribution in [3.63, 3.8) is 0 Å². The number of hydrogen-bond donors (Lipinski definition) is 2. The van der Waals surface area contributed by atoms with Crippen LogP contribution in [0.2, 0.25) is 0 Å². The predicted octanol–water partition coefficient (Wildman–Crippen LogP) is 2.98. The number of anilines is 2. The molecule has 0 heterocycles. The Morgan fingerprint density at radius 3 is 1.39 bits per heavy atom. The average Bonchev–Trinajstić information content (AvgIpc) is 2.99. The summed E-state index contributed by atoms with van der Waals surface area (Å²) in [4.78, 5) is 10.5. The third-order valence-corrected chi connectivity index (χ3v) is 11.2. The van der Waals surface area contributed by atoms with Gasteiger partial charge in [0.25, 0.3) is 0 Å². The third-order valence-electron chi connectivity index (χ3n) is 6.02. The van der Waals surface area contributed by atoms with Crippen molar-refractivity contribution in [1.29, 1.82) is 0 Å². The second-order valence-corrected chi connectivity index (χ2v) is 17.1. The molecule has 49 heavy (non-hydrogen) atoms. The van der Waals surface area contributed by atoms with E-state index in [0.29, 0.717) is 11.4 Å². The van der Waals surface area contributed by atoms with E-state index in [1.807, 2.05) is 13.8 Å². The van der Waals surface area contributed by atoms with E-state index in [4.69, 9.17) is 20.9 Å². The molecule has 4 N–H and O–H groups in total. The van der Waals surface area contributed by atoms with Crippen LogP contribution in [0, 0.1) is 15.9 Å². The van der Waals surface area contributed by atoms with Crippen LogP contribution in [-0.2, 0) is 29.5 Å². The molecule has 3 aromatic rings. The minimum Gasteiger partial charge on any atom is -1.00 e. The molecule has 0 amide bonds. The number of hydrogen-bond acceptors (Lipinski definition) is 12. The Labute approximate surface area is 313 Å². The summed E-state index contributed by atoms with van der Waals surface area (Å²) >= 11 is 0. The largest absolute Gasteiger partial charge is 1.00 e. The SMILES string of the molecule is C.CCS(=O)(=O)c1ccc(F)c(N)c1.CCS(=O)(=O)c1ccc(OC(C)C)c(N)c1.CCS(=O)(=O)c1ccc(OC(C)C)c([N+](=O)[O-])c1.[H-].[Na+]. The first-order chi connectivity index (χ1) is 21.6. The first-order valence-corrected chi connectivity index (χ1v) is 19.3. The van der Waals surface area contributed by atoms with Crippen LogP contribution in [-0.4, -0.2) is 59.6 Å². The number of nitrogens with two attached hydrogens (primary N) is 2. The summed E-state index contributed by atoms with van der Waals surface area (Å²) in [6, 6.07) is 11.6. The van der Waals surface area contributed by atoms with Gasteiger partial charge in [-0.2, -0.15) is 0 Å². The molecule has 0 aromatic heterocycles. The van der Waals surface area contributed by atoms with Gasteiger partial charge in [-0.25, -0.2) is 29.6 Å². The molecular weight excluding hydrogens is 713 g/mol. The van der Waals surface area contributed by atoms with Crippen molar-refractivity contribution in [2.24, 2.45) is 0 Å². The fraction of sp³-hybridized carbons (Fsp3) is 0.419. The number of nitrogen functional groups attached to an aromatic ring is 2. The summed E-state index contributed by atoms with van der Waals surface area (Å²) in [5, 5.41) is 10.9. The second-order valence-electron chi connectivity index (χ2n) is 10.3. The minimum atomic E-state index is -3.46. The van der Waals surface area contributed by atoms with E-state index in [2.05, 4.69) is 0 Å². The number of nitrogens with zero attached hydrogens (tertiary/aromatic N) is 1. The summed E-state index contributed by atoms with van der Waals surface area (Å²) in [5.74, 6) is -0.0613. The van der Waals surface area contributed by atoms with Gasteiger partial charge >= 0.3 is 35.2 Å². The van der Waals surface area contributed by atoms with Gasteiger partial charge in [0.05, 0.1) is 60.5 Å². The van der Waals surface area contributed by atoms with E-state index in [0.717, 1.165) is 18.2 Å². The number of nitro groups is 1. The van der Waals surface area contributed by atoms with E-state index in [1.54, 1.807) is 26.8 Å². The van der Waals surface area contributed by atoms with Crippen molar-refractivity contribution in [2.45, 2.75) is 82.8 Å². The Hall–Kier alpha value is -2.96. The van der Waals surface area contributed by atoms with Crippen molar-refractivity contribution in [1.82, 2.24) is 0 Å². The third kappa shape index (κ3) is 14.8. The number of sulfone groups is 3. The van der Waals surface area contributed by atoms with Crippen molar-refractivity contribution >= 4 is 46.6 Å². The van der Waals surface area contributed by atoms with Crippen LogP contribution in [0.1, 0.15) is 57.3 Å². The molecule has 0 unspecified atom stereocenters. The molecule has 0 aliphatic rings. The molecule has 0 bridgehead atoms. The number of benzene rings is 3. The fourth-order valence-electron chi connectivity index (χ4n) is 3.48. The van der Waals surface area contributed by atoms with Crippen molar-refractivity contribution < 1.29 is 75.0 Å². The maximum absolute atomic E-state index is 12.7. The van der Waals surface area contributed by atoms with Crippen LogP contribution >= 0.6 is 0 Å². The maximum Gasteiger partial charge on any atom is 1.00 e. The molecular formula is C31H47FN3NaO10S3. The Morgan fingerprint density at radius 2 is 1.04 bits per heavy atom. The molecule has 0 saturated heterocycles. The number of halogens is 1. The normalized spacial score (nSPS) is 11.1. The zero-order valence-electron chi connectivity index (χ0n) is 29.3. The van der Waals surface area contributed by atoms with E-state index in [1.165, 1.54) is 44.2 Å². The van der Waals surface area contributed by atoms with Gasteiger partial charge < -0.3 is 22.4 Å².